The number of aliphatic hydroxyl groups is 1. The minimum Gasteiger partial charge on any atom is -0.507 e. The van der Waals surface area contributed by atoms with Gasteiger partial charge in [0.2, 0.25) is 0 Å². The number of aryl methyl sites for hydroxylation is 2. The summed E-state index contributed by atoms with van der Waals surface area (Å²) in [5.74, 6) is -1.88. The van der Waals surface area contributed by atoms with Gasteiger partial charge in [0.25, 0.3) is 5.78 Å². The van der Waals surface area contributed by atoms with Crippen molar-refractivity contribution in [3.05, 3.63) is 99.9 Å². The highest BCUT2D eigenvalue weighted by Gasteiger charge is 2.48. The number of anilines is 1. The summed E-state index contributed by atoms with van der Waals surface area (Å²) in [7, 11) is 0. The number of thiazole rings is 1. The number of hydrogen-bond donors (Lipinski definition) is 1. The van der Waals surface area contributed by atoms with Crippen LogP contribution in [0.5, 0.6) is 0 Å². The second kappa shape index (κ2) is 8.99. The van der Waals surface area contributed by atoms with E-state index in [4.69, 9.17) is 0 Å². The third kappa shape index (κ3) is 3.99. The summed E-state index contributed by atoms with van der Waals surface area (Å²) < 4.78 is 14.4. The van der Waals surface area contributed by atoms with Crippen LogP contribution in [0.3, 0.4) is 0 Å². The van der Waals surface area contributed by atoms with Gasteiger partial charge in [0.05, 0.1) is 21.8 Å². The fourth-order valence-corrected chi connectivity index (χ4v) is 5.55. The molecule has 0 bridgehead atoms. The average Bonchev–Trinajstić information content (AvgIpc) is 3.38. The molecule has 0 aliphatic carbocycles. The highest BCUT2D eigenvalue weighted by molar-refractivity contribution is 7.22. The smallest absolute Gasteiger partial charge is 0.301 e. The van der Waals surface area contributed by atoms with Crippen molar-refractivity contribution < 1.29 is 19.1 Å². The number of rotatable bonds is 4. The first kappa shape index (κ1) is 23.9. The molecule has 1 aliphatic heterocycles. The maximum Gasteiger partial charge on any atom is 0.301 e. The van der Waals surface area contributed by atoms with Crippen molar-refractivity contribution in [2.75, 3.05) is 4.90 Å². The van der Waals surface area contributed by atoms with E-state index in [9.17, 15) is 19.1 Å². The lowest BCUT2D eigenvalue weighted by Crippen LogP contribution is -2.29. The molecule has 1 aromatic heterocycles. The largest absolute Gasteiger partial charge is 0.507 e. The van der Waals surface area contributed by atoms with Crippen LogP contribution in [0.1, 0.15) is 53.6 Å². The number of Topliss-reactive ketones (excluding diaryl/α,β-unsaturated/α-hetero) is 1. The maximum atomic E-state index is 13.8. The predicted molar refractivity (Wildman–Crippen MR) is 141 cm³/mol. The number of hydrogen-bond acceptors (Lipinski definition) is 5. The first-order valence-electron chi connectivity index (χ1n) is 11.7. The Morgan fingerprint density at radius 2 is 1.75 bits per heavy atom. The van der Waals surface area contributed by atoms with E-state index < -0.39 is 23.5 Å². The Morgan fingerprint density at radius 3 is 2.44 bits per heavy atom. The number of aromatic nitrogens is 1. The Hall–Kier alpha value is -3.84. The highest BCUT2D eigenvalue weighted by atomic mass is 32.1. The molecule has 2 heterocycles. The molecule has 1 aliphatic rings. The van der Waals surface area contributed by atoms with Crippen molar-refractivity contribution in [1.29, 1.82) is 0 Å². The zero-order chi connectivity index (χ0) is 25.7. The quantitative estimate of drug-likeness (QED) is 0.190. The number of carbonyl (C=O) groups is 2. The van der Waals surface area contributed by atoms with Crippen molar-refractivity contribution >= 4 is 44.1 Å². The fraction of sp³-hybridized carbons (Fsp3) is 0.207. The second-order valence-electron chi connectivity index (χ2n) is 9.42. The Balaban J connectivity index is 1.74. The molecule has 1 amide bonds. The molecule has 36 heavy (non-hydrogen) atoms. The lowest BCUT2D eigenvalue weighted by molar-refractivity contribution is -0.132. The van der Waals surface area contributed by atoms with E-state index in [1.165, 1.54) is 17.0 Å². The molecule has 0 radical (unpaired) electrons. The number of benzene rings is 3. The lowest BCUT2D eigenvalue weighted by atomic mass is 9.92. The van der Waals surface area contributed by atoms with Gasteiger partial charge in [-0.05, 0) is 60.7 Å². The van der Waals surface area contributed by atoms with E-state index in [0.29, 0.717) is 27.3 Å². The van der Waals surface area contributed by atoms with Gasteiger partial charge in [0.15, 0.2) is 5.13 Å². The predicted octanol–water partition coefficient (Wildman–Crippen LogP) is 6.80. The molecule has 7 heteroatoms. The van der Waals surface area contributed by atoms with Crippen LogP contribution in [0.15, 0.2) is 66.2 Å². The summed E-state index contributed by atoms with van der Waals surface area (Å²) in [6.07, 6.45) is 0. The van der Waals surface area contributed by atoms with Crippen LogP contribution in [0.4, 0.5) is 9.52 Å². The van der Waals surface area contributed by atoms with Crippen molar-refractivity contribution in [3.8, 4) is 0 Å². The molecule has 182 valence electrons. The summed E-state index contributed by atoms with van der Waals surface area (Å²) in [6, 6.07) is 16.6. The molecule has 1 N–H and O–H groups in total. The molecule has 0 saturated carbocycles. The molecule has 5 nitrogen and oxygen atoms in total. The van der Waals surface area contributed by atoms with Gasteiger partial charge in [-0.1, -0.05) is 67.1 Å². The zero-order valence-corrected chi connectivity index (χ0v) is 21.2. The first-order valence-corrected chi connectivity index (χ1v) is 12.5. The van der Waals surface area contributed by atoms with Crippen molar-refractivity contribution in [3.63, 3.8) is 0 Å². The van der Waals surface area contributed by atoms with Crippen molar-refractivity contribution in [1.82, 2.24) is 4.98 Å². The number of carbonyl (C=O) groups excluding carboxylic acids is 2. The van der Waals surface area contributed by atoms with E-state index >= 15 is 0 Å². The van der Waals surface area contributed by atoms with Gasteiger partial charge < -0.3 is 5.11 Å². The summed E-state index contributed by atoms with van der Waals surface area (Å²) in [5, 5.41) is 11.7. The average molecular weight is 501 g/mol. The number of halogens is 1. The zero-order valence-electron chi connectivity index (χ0n) is 20.4. The SMILES string of the molecule is Cc1ccc(C)c(C(O)=C2C(=O)C(=O)N(c3nc4ccc(F)cc4s3)C2c2ccc(C(C)C)cc2)c1. The Kier molecular flexibility index (Phi) is 5.96. The van der Waals surface area contributed by atoms with E-state index in [1.807, 2.05) is 50.2 Å². The third-order valence-electron chi connectivity index (χ3n) is 6.56. The molecule has 5 rings (SSSR count). The van der Waals surface area contributed by atoms with Gasteiger partial charge in [-0.15, -0.1) is 0 Å². The molecule has 1 fully saturated rings. The number of ketones is 1. The molecular weight excluding hydrogens is 475 g/mol. The molecule has 1 atom stereocenters. The van der Waals surface area contributed by atoms with E-state index in [2.05, 4.69) is 18.8 Å². The van der Waals surface area contributed by atoms with Crippen molar-refractivity contribution in [2.24, 2.45) is 0 Å². The molecule has 3 aromatic carbocycles. The van der Waals surface area contributed by atoms with Crippen LogP contribution in [-0.2, 0) is 9.59 Å². The van der Waals surface area contributed by atoms with Crippen LogP contribution in [0.2, 0.25) is 0 Å². The standard InChI is InChI=1S/C29H25FN2O3S/c1-15(2)18-7-9-19(10-8-18)25-24(26(33)21-13-16(3)5-6-17(21)4)27(34)28(35)32(25)29-31-22-12-11-20(30)14-23(22)36-29/h5-15,25,33H,1-4H3. The summed E-state index contributed by atoms with van der Waals surface area (Å²) >= 11 is 1.13. The van der Waals surface area contributed by atoms with Gasteiger partial charge >= 0.3 is 5.91 Å². The van der Waals surface area contributed by atoms with Gasteiger partial charge in [-0.25, -0.2) is 9.37 Å². The lowest BCUT2D eigenvalue weighted by Gasteiger charge is -2.23. The van der Waals surface area contributed by atoms with Gasteiger partial charge in [-0.2, -0.15) is 0 Å². The molecule has 4 aromatic rings. The normalized spacial score (nSPS) is 17.5. The summed E-state index contributed by atoms with van der Waals surface area (Å²) in [5.41, 5.74) is 4.54. The number of fused-ring (bicyclic) bond motifs is 1. The second-order valence-corrected chi connectivity index (χ2v) is 10.4. The van der Waals surface area contributed by atoms with E-state index in [-0.39, 0.29) is 16.5 Å². The van der Waals surface area contributed by atoms with Crippen LogP contribution < -0.4 is 4.90 Å². The first-order chi connectivity index (χ1) is 17.2. The molecule has 0 spiro atoms. The van der Waals surface area contributed by atoms with Crippen LogP contribution in [0.25, 0.3) is 16.0 Å². The molecule has 1 saturated heterocycles. The van der Waals surface area contributed by atoms with Crippen LogP contribution in [-0.4, -0.2) is 21.8 Å². The minimum atomic E-state index is -0.878. The van der Waals surface area contributed by atoms with Crippen LogP contribution >= 0.6 is 11.3 Å². The Labute approximate surface area is 212 Å². The Bertz CT molecular complexity index is 1550. The van der Waals surface area contributed by atoms with Crippen LogP contribution in [0, 0.1) is 19.7 Å². The minimum absolute atomic E-state index is 0.0106. The van der Waals surface area contributed by atoms with Gasteiger partial charge in [0.1, 0.15) is 11.6 Å². The molecular formula is C29H25FN2O3S. The maximum absolute atomic E-state index is 13.8. The third-order valence-corrected chi connectivity index (χ3v) is 7.57. The molecule has 1 unspecified atom stereocenters. The van der Waals surface area contributed by atoms with E-state index in [1.54, 1.807) is 12.1 Å². The number of aliphatic hydroxyl groups excluding tert-OH is 1. The monoisotopic (exact) mass is 500 g/mol. The van der Waals surface area contributed by atoms with Gasteiger partial charge in [0, 0.05) is 5.56 Å². The Morgan fingerprint density at radius 1 is 1.03 bits per heavy atom. The topological polar surface area (TPSA) is 70.5 Å². The van der Waals surface area contributed by atoms with Gasteiger partial charge in [-0.3, -0.25) is 14.5 Å². The number of amides is 1. The summed E-state index contributed by atoms with van der Waals surface area (Å²) in [4.78, 5) is 32.7. The summed E-state index contributed by atoms with van der Waals surface area (Å²) in [6.45, 7) is 7.92. The van der Waals surface area contributed by atoms with Crippen molar-refractivity contribution in [2.45, 2.75) is 39.7 Å². The highest BCUT2D eigenvalue weighted by Crippen LogP contribution is 2.44. The number of nitrogens with zero attached hydrogens (tertiary/aromatic N) is 2. The van der Waals surface area contributed by atoms with E-state index in [0.717, 1.165) is 28.0 Å². The fourth-order valence-electron chi connectivity index (χ4n) is 4.53.